The zero-order valence-corrected chi connectivity index (χ0v) is 14.3. The molecule has 134 valence electrons. The van der Waals surface area contributed by atoms with Gasteiger partial charge in [-0.15, -0.1) is 0 Å². The molecule has 8 nitrogen and oxygen atoms in total. The second kappa shape index (κ2) is 5.16. The number of ether oxygens (including phenoxy) is 1. The van der Waals surface area contributed by atoms with E-state index in [0.29, 0.717) is 22.0 Å². The van der Waals surface area contributed by atoms with Gasteiger partial charge in [-0.25, -0.2) is 9.78 Å². The molecule has 5 rings (SSSR count). The lowest BCUT2D eigenvalue weighted by Crippen LogP contribution is -2.40. The number of Topliss-reactive ketones (excluding diaryl/α,β-unsaturated/α-hetero) is 1. The Hall–Kier alpha value is -3.68. The number of H-pyrrole nitrogens is 1. The minimum absolute atomic E-state index is 0.0923. The number of nitrogens with one attached hydrogen (secondary N) is 2. The van der Waals surface area contributed by atoms with Crippen molar-refractivity contribution >= 4 is 50.3 Å². The fourth-order valence-corrected chi connectivity index (χ4v) is 3.96. The minimum atomic E-state index is -0.607. The molecule has 2 aromatic carbocycles. The zero-order valence-electron chi connectivity index (χ0n) is 14.3. The molecular formula is C19H14N4O4. The average Bonchev–Trinajstić information content (AvgIpc) is 3.03. The Morgan fingerprint density at radius 2 is 2.11 bits per heavy atom. The topological polar surface area (TPSA) is 119 Å². The third-order valence-corrected chi connectivity index (χ3v) is 5.10. The Kier molecular flexibility index (Phi) is 2.98. The molecule has 27 heavy (non-hydrogen) atoms. The molecule has 1 aliphatic rings. The number of aromatic nitrogens is 2. The van der Waals surface area contributed by atoms with E-state index in [-0.39, 0.29) is 41.1 Å². The van der Waals surface area contributed by atoms with Crippen LogP contribution in [0.5, 0.6) is 5.88 Å². The summed E-state index contributed by atoms with van der Waals surface area (Å²) in [6.45, 7) is 0.162. The molecule has 0 fully saturated rings. The van der Waals surface area contributed by atoms with Gasteiger partial charge in [0.2, 0.25) is 5.88 Å². The molecule has 1 amide bonds. The van der Waals surface area contributed by atoms with Gasteiger partial charge in [-0.1, -0.05) is 18.2 Å². The van der Waals surface area contributed by atoms with Crippen LogP contribution in [0.4, 0.5) is 10.5 Å². The van der Waals surface area contributed by atoms with Crippen LogP contribution in [0.15, 0.2) is 24.3 Å². The van der Waals surface area contributed by atoms with Crippen molar-refractivity contribution in [2.75, 3.05) is 18.6 Å². The molecule has 3 N–H and O–H groups in total. The third kappa shape index (κ3) is 1.86. The molecule has 2 aromatic heterocycles. The van der Waals surface area contributed by atoms with Gasteiger partial charge in [0, 0.05) is 29.3 Å². The molecule has 0 saturated heterocycles. The lowest BCUT2D eigenvalue weighted by molar-refractivity contribution is 0.0978. The van der Waals surface area contributed by atoms with Gasteiger partial charge in [0.15, 0.2) is 5.78 Å². The van der Waals surface area contributed by atoms with E-state index >= 15 is 0 Å². The monoisotopic (exact) mass is 362 g/mol. The number of hydrogen-bond donors (Lipinski definition) is 3. The second-order valence-corrected chi connectivity index (χ2v) is 6.47. The highest BCUT2D eigenvalue weighted by Gasteiger charge is 2.34. The van der Waals surface area contributed by atoms with E-state index < -0.39 is 6.09 Å². The lowest BCUT2D eigenvalue weighted by Gasteiger charge is -2.28. The van der Waals surface area contributed by atoms with Crippen LogP contribution in [0.3, 0.4) is 0 Å². The third-order valence-electron chi connectivity index (χ3n) is 5.10. The van der Waals surface area contributed by atoms with E-state index in [1.165, 1.54) is 12.0 Å². The first-order valence-corrected chi connectivity index (χ1v) is 8.39. The number of aromatic hydroxyl groups is 1. The number of methoxy groups -OCH3 is 1. The van der Waals surface area contributed by atoms with E-state index in [1.807, 2.05) is 24.3 Å². The van der Waals surface area contributed by atoms with E-state index in [0.717, 1.165) is 10.9 Å². The maximum Gasteiger partial charge on any atom is 0.414 e. The molecule has 4 aromatic rings. The summed E-state index contributed by atoms with van der Waals surface area (Å²) in [7, 11) is 1.27. The van der Waals surface area contributed by atoms with Crippen molar-refractivity contribution in [2.24, 2.45) is 0 Å². The van der Waals surface area contributed by atoms with Crippen LogP contribution in [0.25, 0.3) is 32.7 Å². The van der Waals surface area contributed by atoms with Crippen molar-refractivity contribution in [3.63, 3.8) is 0 Å². The molecule has 8 heteroatoms. The van der Waals surface area contributed by atoms with Gasteiger partial charge < -0.3 is 14.8 Å². The highest BCUT2D eigenvalue weighted by atomic mass is 16.5. The summed E-state index contributed by atoms with van der Waals surface area (Å²) in [5.74, 6) is -0.439. The lowest BCUT2D eigenvalue weighted by atomic mass is 9.95. The number of aromatic amines is 1. The molecule has 0 radical (unpaired) electrons. The first-order valence-electron chi connectivity index (χ1n) is 8.39. The maximum atomic E-state index is 12.6. The number of carbonyl (C=O) groups is 2. The summed E-state index contributed by atoms with van der Waals surface area (Å²) in [5.41, 5.74) is 1.86. The predicted molar refractivity (Wildman–Crippen MR) is 98.5 cm³/mol. The van der Waals surface area contributed by atoms with E-state index in [2.05, 4.69) is 9.97 Å². The first-order chi connectivity index (χ1) is 13.0. The van der Waals surface area contributed by atoms with E-state index in [1.54, 1.807) is 0 Å². The number of rotatable bonds is 0. The second-order valence-electron chi connectivity index (χ2n) is 6.47. The van der Waals surface area contributed by atoms with Gasteiger partial charge in [0.05, 0.1) is 34.6 Å². The molecule has 0 atom stereocenters. The molecule has 3 heterocycles. The standard InChI is InChI=1S/C19H14N4O4/c1-27-19(26)23-7-6-10(24)12-14(20)15-13-11(18(25)22-15)8-4-2-3-5-9(8)21-16(13)17(12)23/h2-5,20-21,25H,6-7H2,1H3. The Morgan fingerprint density at radius 3 is 2.89 bits per heavy atom. The van der Waals surface area contributed by atoms with Crippen molar-refractivity contribution in [3.05, 3.63) is 35.2 Å². The summed E-state index contributed by atoms with van der Waals surface area (Å²) < 4.78 is 4.88. The number of hydrogen-bond acceptors (Lipinski definition) is 6. The fraction of sp³-hybridized carbons (Fsp3) is 0.158. The van der Waals surface area contributed by atoms with Crippen molar-refractivity contribution in [3.8, 4) is 5.88 Å². The van der Waals surface area contributed by atoms with Crippen molar-refractivity contribution in [2.45, 2.75) is 6.42 Å². The number of anilines is 1. The average molecular weight is 362 g/mol. The number of fused-ring (bicyclic) bond motifs is 4. The summed E-state index contributed by atoms with van der Waals surface area (Å²) in [6.07, 6.45) is -0.514. The van der Waals surface area contributed by atoms with Crippen LogP contribution in [0, 0.1) is 5.41 Å². The molecule has 1 aliphatic heterocycles. The molecule has 0 bridgehead atoms. The van der Waals surface area contributed by atoms with Crippen molar-refractivity contribution in [1.29, 1.82) is 5.41 Å². The summed E-state index contributed by atoms with van der Waals surface area (Å²) in [4.78, 5) is 33.7. The fourth-order valence-electron chi connectivity index (χ4n) is 3.96. The largest absolute Gasteiger partial charge is 0.493 e. The zero-order chi connectivity index (χ0) is 18.9. The summed E-state index contributed by atoms with van der Waals surface area (Å²) >= 11 is 0. The maximum absolute atomic E-state index is 12.6. The number of ketones is 1. The first kappa shape index (κ1) is 15.6. The Bertz CT molecular complexity index is 1340. The molecular weight excluding hydrogens is 348 g/mol. The van der Waals surface area contributed by atoms with Gasteiger partial charge in [-0.3, -0.25) is 15.1 Å². The highest BCUT2D eigenvalue weighted by molar-refractivity contribution is 6.27. The molecule has 0 spiro atoms. The SMILES string of the molecule is COC(=O)N1CCC(=O)c2c1c1[nH]c3ccccc3c3c(O)nc(c2=N)c13. The Morgan fingerprint density at radius 1 is 1.33 bits per heavy atom. The van der Waals surface area contributed by atoms with Gasteiger partial charge in [0.1, 0.15) is 5.52 Å². The van der Waals surface area contributed by atoms with Crippen LogP contribution in [-0.2, 0) is 4.74 Å². The van der Waals surface area contributed by atoms with Crippen molar-refractivity contribution < 1.29 is 19.4 Å². The number of pyridine rings is 1. The predicted octanol–water partition coefficient (Wildman–Crippen LogP) is 2.65. The van der Waals surface area contributed by atoms with Gasteiger partial charge in [0.25, 0.3) is 0 Å². The van der Waals surface area contributed by atoms with Gasteiger partial charge in [-0.05, 0) is 6.07 Å². The molecule has 0 unspecified atom stereocenters. The normalized spacial score (nSPS) is 14.3. The number of benzene rings is 2. The van der Waals surface area contributed by atoms with Crippen LogP contribution < -0.4 is 10.3 Å². The quantitative estimate of drug-likeness (QED) is 0.416. The number of amides is 1. The Labute approximate surface area is 151 Å². The van der Waals surface area contributed by atoms with Crippen LogP contribution >= 0.6 is 0 Å². The van der Waals surface area contributed by atoms with Crippen molar-refractivity contribution in [1.82, 2.24) is 9.97 Å². The number of nitrogens with zero attached hydrogens (tertiary/aromatic N) is 2. The number of carbonyl (C=O) groups excluding carboxylic acids is 2. The Balaban J connectivity index is 2.08. The summed E-state index contributed by atoms with van der Waals surface area (Å²) in [5, 5.41) is 20.7. The summed E-state index contributed by atoms with van der Waals surface area (Å²) in [6, 6.07) is 7.36. The number of para-hydroxylation sites is 1. The highest BCUT2D eigenvalue weighted by Crippen LogP contribution is 2.42. The smallest absolute Gasteiger partial charge is 0.414 e. The molecule has 0 aliphatic carbocycles. The van der Waals surface area contributed by atoms with Gasteiger partial charge in [-0.2, -0.15) is 0 Å². The van der Waals surface area contributed by atoms with Crippen LogP contribution in [0.2, 0.25) is 0 Å². The molecule has 0 saturated carbocycles. The van der Waals surface area contributed by atoms with E-state index in [4.69, 9.17) is 10.1 Å². The minimum Gasteiger partial charge on any atom is -0.493 e. The van der Waals surface area contributed by atoms with Crippen LogP contribution in [-0.4, -0.2) is 40.6 Å². The van der Waals surface area contributed by atoms with E-state index in [9.17, 15) is 14.7 Å². The van der Waals surface area contributed by atoms with Crippen LogP contribution in [0.1, 0.15) is 16.8 Å². The van der Waals surface area contributed by atoms with Gasteiger partial charge >= 0.3 is 6.09 Å².